The van der Waals surface area contributed by atoms with E-state index < -0.39 is 32.5 Å². The molecule has 0 unspecified atom stereocenters. The summed E-state index contributed by atoms with van der Waals surface area (Å²) in [6.45, 7) is 0. The summed E-state index contributed by atoms with van der Waals surface area (Å²) < 4.78 is 62.2. The van der Waals surface area contributed by atoms with E-state index >= 15 is 0 Å². The first kappa shape index (κ1) is 13.2. The zero-order valence-electron chi connectivity index (χ0n) is 8.32. The summed E-state index contributed by atoms with van der Waals surface area (Å²) >= 11 is 0. The Hall–Kier alpha value is -1.82. The van der Waals surface area contributed by atoms with Gasteiger partial charge in [-0.1, -0.05) is 0 Å². The van der Waals surface area contributed by atoms with Gasteiger partial charge in [-0.2, -0.15) is 5.26 Å². The maximum atomic E-state index is 12.0. The van der Waals surface area contributed by atoms with Gasteiger partial charge in [-0.25, -0.2) is 13.4 Å². The summed E-state index contributed by atoms with van der Waals surface area (Å²) in [4.78, 5) is 2.49. The monoisotopic (exact) mass is 266 g/mol. The van der Waals surface area contributed by atoms with Crippen LogP contribution in [0, 0.1) is 11.3 Å². The predicted molar refractivity (Wildman–Crippen MR) is 48.7 cm³/mol. The highest BCUT2D eigenvalue weighted by Gasteiger charge is 2.34. The first-order chi connectivity index (χ1) is 7.65. The molecule has 0 amide bonds. The Morgan fingerprint density at radius 1 is 1.47 bits per heavy atom. The smallest absolute Gasteiger partial charge is 0.404 e. The second-order valence-corrected chi connectivity index (χ2v) is 4.87. The predicted octanol–water partition coefficient (Wildman–Crippen LogP) is 1.26. The SMILES string of the molecule is CS(=O)(=O)c1c(OC(F)(F)F)ccnc1C#N. The van der Waals surface area contributed by atoms with E-state index in [1.165, 1.54) is 6.07 Å². The number of pyridine rings is 1. The van der Waals surface area contributed by atoms with Crippen molar-refractivity contribution in [3.63, 3.8) is 0 Å². The second kappa shape index (κ2) is 4.21. The Labute approximate surface area is 94.4 Å². The molecule has 0 aliphatic carbocycles. The summed E-state index contributed by atoms with van der Waals surface area (Å²) in [6, 6.07) is 2.12. The van der Waals surface area contributed by atoms with Crippen molar-refractivity contribution in [2.24, 2.45) is 0 Å². The molecule has 17 heavy (non-hydrogen) atoms. The van der Waals surface area contributed by atoms with Gasteiger partial charge in [-0.3, -0.25) is 0 Å². The summed E-state index contributed by atoms with van der Waals surface area (Å²) in [5, 5.41) is 8.59. The van der Waals surface area contributed by atoms with Crippen LogP contribution < -0.4 is 4.74 Å². The van der Waals surface area contributed by atoms with E-state index in [1.54, 1.807) is 0 Å². The summed E-state index contributed by atoms with van der Waals surface area (Å²) in [5.74, 6) is -0.966. The van der Waals surface area contributed by atoms with Crippen LogP contribution in [0.2, 0.25) is 0 Å². The number of aromatic nitrogens is 1. The van der Waals surface area contributed by atoms with Crippen molar-refractivity contribution < 1.29 is 26.3 Å². The van der Waals surface area contributed by atoms with E-state index in [1.807, 2.05) is 0 Å². The Balaban J connectivity index is 3.48. The van der Waals surface area contributed by atoms with Crippen molar-refractivity contribution in [1.29, 1.82) is 5.26 Å². The molecule has 1 aromatic rings. The number of halogens is 3. The molecule has 1 heterocycles. The van der Waals surface area contributed by atoms with E-state index in [0.717, 1.165) is 12.3 Å². The quantitative estimate of drug-likeness (QED) is 0.804. The fourth-order valence-electron chi connectivity index (χ4n) is 1.07. The van der Waals surface area contributed by atoms with Crippen LogP contribution in [0.15, 0.2) is 17.2 Å². The van der Waals surface area contributed by atoms with Crippen LogP contribution in [0.1, 0.15) is 5.69 Å². The molecule has 0 atom stereocenters. The normalized spacial score (nSPS) is 11.9. The van der Waals surface area contributed by atoms with Crippen LogP contribution in [0.3, 0.4) is 0 Å². The van der Waals surface area contributed by atoms with Crippen LogP contribution >= 0.6 is 0 Å². The van der Waals surface area contributed by atoms with E-state index in [4.69, 9.17) is 5.26 Å². The fourth-order valence-corrected chi connectivity index (χ4v) is 2.00. The van der Waals surface area contributed by atoms with Crippen molar-refractivity contribution in [3.05, 3.63) is 18.0 Å². The number of ether oxygens (including phenoxy) is 1. The minimum atomic E-state index is -5.05. The van der Waals surface area contributed by atoms with Crippen LogP contribution in [0.25, 0.3) is 0 Å². The van der Waals surface area contributed by atoms with Crippen molar-refractivity contribution in [2.45, 2.75) is 11.3 Å². The number of hydrogen-bond acceptors (Lipinski definition) is 5. The van der Waals surface area contributed by atoms with E-state index in [0.29, 0.717) is 6.26 Å². The number of nitrogens with zero attached hydrogens (tertiary/aromatic N) is 2. The highest BCUT2D eigenvalue weighted by Crippen LogP contribution is 2.30. The molecule has 9 heteroatoms. The minimum Gasteiger partial charge on any atom is -0.404 e. The van der Waals surface area contributed by atoms with Crippen molar-refractivity contribution in [2.75, 3.05) is 6.26 Å². The first-order valence-electron chi connectivity index (χ1n) is 4.00. The lowest BCUT2D eigenvalue weighted by molar-refractivity contribution is -0.275. The Kier molecular flexibility index (Phi) is 3.28. The van der Waals surface area contributed by atoms with Crippen LogP contribution in [0.4, 0.5) is 13.2 Å². The maximum absolute atomic E-state index is 12.0. The van der Waals surface area contributed by atoms with Gasteiger partial charge in [0, 0.05) is 18.5 Å². The summed E-state index contributed by atoms with van der Waals surface area (Å²) in [5.41, 5.74) is -0.644. The Morgan fingerprint density at radius 2 is 2.06 bits per heavy atom. The molecule has 0 spiro atoms. The third-order valence-electron chi connectivity index (χ3n) is 1.57. The summed E-state index contributed by atoms with van der Waals surface area (Å²) in [7, 11) is -4.06. The Morgan fingerprint density at radius 3 is 2.47 bits per heavy atom. The van der Waals surface area contributed by atoms with Gasteiger partial charge >= 0.3 is 6.36 Å². The highest BCUT2D eigenvalue weighted by molar-refractivity contribution is 7.90. The molecule has 1 rings (SSSR count). The van der Waals surface area contributed by atoms with Gasteiger partial charge in [0.25, 0.3) is 0 Å². The zero-order valence-corrected chi connectivity index (χ0v) is 9.13. The van der Waals surface area contributed by atoms with E-state index in [9.17, 15) is 21.6 Å². The lowest BCUT2D eigenvalue weighted by atomic mass is 10.3. The number of rotatable bonds is 2. The average molecular weight is 266 g/mol. The molecule has 0 fully saturated rings. The van der Waals surface area contributed by atoms with Gasteiger partial charge in [0.15, 0.2) is 21.3 Å². The minimum absolute atomic E-state index is 0.644. The molecule has 0 saturated carbocycles. The number of sulfone groups is 1. The molecular weight excluding hydrogens is 261 g/mol. The molecule has 0 bridgehead atoms. The molecular formula is C8H5F3N2O3S. The standard InChI is InChI=1S/C8H5F3N2O3S/c1-17(14,15)7-5(4-12)13-3-2-6(7)16-8(9,10)11/h2-3H,1H3. The van der Waals surface area contributed by atoms with Gasteiger partial charge in [0.1, 0.15) is 11.0 Å². The molecule has 5 nitrogen and oxygen atoms in total. The molecule has 0 radical (unpaired) electrons. The lowest BCUT2D eigenvalue weighted by Crippen LogP contribution is -2.19. The largest absolute Gasteiger partial charge is 0.573 e. The molecule has 0 aliphatic heterocycles. The van der Waals surface area contributed by atoms with Crippen molar-refractivity contribution >= 4 is 9.84 Å². The van der Waals surface area contributed by atoms with E-state index in [2.05, 4.69) is 9.72 Å². The van der Waals surface area contributed by atoms with Gasteiger partial charge < -0.3 is 4.74 Å². The topological polar surface area (TPSA) is 80.1 Å². The lowest BCUT2D eigenvalue weighted by Gasteiger charge is -2.12. The molecule has 0 saturated heterocycles. The molecule has 1 aromatic heterocycles. The van der Waals surface area contributed by atoms with Gasteiger partial charge in [0.05, 0.1) is 0 Å². The molecule has 0 aromatic carbocycles. The van der Waals surface area contributed by atoms with Gasteiger partial charge in [-0.15, -0.1) is 13.2 Å². The molecule has 0 aliphatic rings. The highest BCUT2D eigenvalue weighted by atomic mass is 32.2. The number of nitriles is 1. The van der Waals surface area contributed by atoms with E-state index in [-0.39, 0.29) is 0 Å². The fraction of sp³-hybridized carbons (Fsp3) is 0.250. The van der Waals surface area contributed by atoms with Gasteiger partial charge in [0.2, 0.25) is 0 Å². The number of alkyl halides is 3. The maximum Gasteiger partial charge on any atom is 0.573 e. The third kappa shape index (κ3) is 3.32. The van der Waals surface area contributed by atoms with Crippen LogP contribution in [-0.4, -0.2) is 26.0 Å². The van der Waals surface area contributed by atoms with Crippen LogP contribution in [0.5, 0.6) is 5.75 Å². The van der Waals surface area contributed by atoms with Crippen molar-refractivity contribution in [3.8, 4) is 11.8 Å². The zero-order chi connectivity index (χ0) is 13.3. The van der Waals surface area contributed by atoms with Crippen LogP contribution in [-0.2, 0) is 9.84 Å². The molecule has 92 valence electrons. The van der Waals surface area contributed by atoms with Crippen molar-refractivity contribution in [1.82, 2.24) is 4.98 Å². The first-order valence-corrected chi connectivity index (χ1v) is 5.89. The third-order valence-corrected chi connectivity index (χ3v) is 2.71. The number of hydrogen-bond donors (Lipinski definition) is 0. The second-order valence-electron chi connectivity index (χ2n) is 2.92. The molecule has 0 N–H and O–H groups in total. The van der Waals surface area contributed by atoms with Gasteiger partial charge in [-0.05, 0) is 0 Å². The Bertz CT molecular complexity index is 575. The average Bonchev–Trinajstić information content (AvgIpc) is 2.12. The summed E-state index contributed by atoms with van der Waals surface area (Å²) in [6.07, 6.45) is -3.53.